The summed E-state index contributed by atoms with van der Waals surface area (Å²) in [6.45, 7) is 2.52. The molecule has 1 N–H and O–H groups in total. The predicted octanol–water partition coefficient (Wildman–Crippen LogP) is 2.86. The molecule has 0 bridgehead atoms. The topological polar surface area (TPSA) is 15.3 Å². The quantitative estimate of drug-likeness (QED) is 0.896. The van der Waals surface area contributed by atoms with Crippen molar-refractivity contribution in [3.8, 4) is 0 Å². The minimum atomic E-state index is -0.894. The molecule has 5 heteroatoms. The molecule has 0 unspecified atom stereocenters. The van der Waals surface area contributed by atoms with Crippen LogP contribution in [-0.2, 0) is 0 Å². The van der Waals surface area contributed by atoms with Gasteiger partial charge in [0.2, 0.25) is 0 Å². The van der Waals surface area contributed by atoms with Crippen molar-refractivity contribution in [1.82, 2.24) is 4.90 Å². The normalized spacial score (nSPS) is 18.0. The average molecular weight is 258 g/mol. The van der Waals surface area contributed by atoms with Gasteiger partial charge in [-0.15, -0.1) is 0 Å². The van der Waals surface area contributed by atoms with Gasteiger partial charge in [-0.2, -0.15) is 0 Å². The summed E-state index contributed by atoms with van der Waals surface area (Å²) >= 11 is 0. The summed E-state index contributed by atoms with van der Waals surface area (Å²) in [6, 6.07) is 1.39. The Labute approximate surface area is 105 Å². The number of hydrogen-bond acceptors (Lipinski definition) is 2. The highest BCUT2D eigenvalue weighted by Crippen LogP contribution is 2.22. The molecule has 1 heterocycles. The van der Waals surface area contributed by atoms with Gasteiger partial charge in [-0.25, -0.2) is 13.2 Å². The number of halogens is 3. The number of piperidine rings is 1. The van der Waals surface area contributed by atoms with E-state index in [9.17, 15) is 13.2 Å². The summed E-state index contributed by atoms with van der Waals surface area (Å²) in [5.74, 6) is -2.24. The molecule has 0 saturated carbocycles. The fraction of sp³-hybridized carbons (Fsp3) is 0.538. The van der Waals surface area contributed by atoms with E-state index in [2.05, 4.69) is 17.3 Å². The van der Waals surface area contributed by atoms with Crippen LogP contribution in [0.25, 0.3) is 0 Å². The van der Waals surface area contributed by atoms with Crippen LogP contribution in [-0.4, -0.2) is 31.6 Å². The molecule has 1 aromatic rings. The van der Waals surface area contributed by atoms with E-state index in [0.717, 1.165) is 25.9 Å². The van der Waals surface area contributed by atoms with E-state index in [4.69, 9.17) is 0 Å². The van der Waals surface area contributed by atoms with Gasteiger partial charge in [-0.3, -0.25) is 0 Å². The van der Waals surface area contributed by atoms with Gasteiger partial charge in [0, 0.05) is 18.7 Å². The second-order valence-electron chi connectivity index (χ2n) is 4.87. The molecule has 0 aliphatic carbocycles. The summed E-state index contributed by atoms with van der Waals surface area (Å²) in [5, 5.41) is 2.76. The summed E-state index contributed by atoms with van der Waals surface area (Å²) < 4.78 is 39.5. The monoisotopic (exact) mass is 258 g/mol. The molecule has 0 aromatic heterocycles. The van der Waals surface area contributed by atoms with Crippen LogP contribution in [0.2, 0.25) is 0 Å². The highest BCUT2D eigenvalue weighted by Gasteiger charge is 2.18. The minimum Gasteiger partial charge on any atom is -0.380 e. The summed E-state index contributed by atoms with van der Waals surface area (Å²) in [4.78, 5) is 2.23. The molecule has 1 fully saturated rings. The maximum Gasteiger partial charge on any atom is 0.152 e. The molecular formula is C13H17F3N2. The van der Waals surface area contributed by atoms with Crippen LogP contribution < -0.4 is 5.32 Å². The number of rotatable bonds is 3. The van der Waals surface area contributed by atoms with Gasteiger partial charge < -0.3 is 10.2 Å². The van der Waals surface area contributed by atoms with E-state index in [1.807, 2.05) is 0 Å². The van der Waals surface area contributed by atoms with Crippen molar-refractivity contribution >= 4 is 5.69 Å². The molecular weight excluding hydrogens is 241 g/mol. The van der Waals surface area contributed by atoms with Crippen molar-refractivity contribution in [2.24, 2.45) is 5.92 Å². The third-order valence-electron chi connectivity index (χ3n) is 3.41. The van der Waals surface area contributed by atoms with E-state index >= 15 is 0 Å². The van der Waals surface area contributed by atoms with Crippen LogP contribution >= 0.6 is 0 Å². The first-order valence-corrected chi connectivity index (χ1v) is 6.13. The number of nitrogens with zero attached hydrogens (tertiary/aromatic N) is 1. The molecule has 0 atom stereocenters. The second-order valence-corrected chi connectivity index (χ2v) is 4.87. The Morgan fingerprint density at radius 3 is 2.28 bits per heavy atom. The fourth-order valence-electron chi connectivity index (χ4n) is 2.22. The van der Waals surface area contributed by atoms with Gasteiger partial charge in [-0.1, -0.05) is 0 Å². The predicted molar refractivity (Wildman–Crippen MR) is 65.0 cm³/mol. The molecule has 18 heavy (non-hydrogen) atoms. The lowest BCUT2D eigenvalue weighted by Gasteiger charge is -2.29. The summed E-state index contributed by atoms with van der Waals surface area (Å²) in [6.07, 6.45) is 2.02. The fourth-order valence-corrected chi connectivity index (χ4v) is 2.22. The Bertz CT molecular complexity index is 392. The lowest BCUT2D eigenvalue weighted by atomic mass is 9.97. The Hall–Kier alpha value is -1.23. The van der Waals surface area contributed by atoms with Crippen molar-refractivity contribution in [3.63, 3.8) is 0 Å². The number of benzene rings is 1. The molecule has 2 nitrogen and oxygen atoms in total. The molecule has 1 aromatic carbocycles. The SMILES string of the molecule is CN1CCC(CNc2c(F)cc(F)cc2F)CC1. The molecule has 1 saturated heterocycles. The van der Waals surface area contributed by atoms with Crippen molar-refractivity contribution < 1.29 is 13.2 Å². The van der Waals surface area contributed by atoms with Gasteiger partial charge in [-0.05, 0) is 38.9 Å². The van der Waals surface area contributed by atoms with Crippen LogP contribution in [0.1, 0.15) is 12.8 Å². The largest absolute Gasteiger partial charge is 0.380 e. The third-order valence-corrected chi connectivity index (χ3v) is 3.41. The number of hydrogen-bond donors (Lipinski definition) is 1. The Morgan fingerprint density at radius 1 is 1.17 bits per heavy atom. The molecule has 0 amide bonds. The first kappa shape index (κ1) is 13.2. The van der Waals surface area contributed by atoms with Gasteiger partial charge in [0.1, 0.15) is 11.5 Å². The zero-order valence-electron chi connectivity index (χ0n) is 10.3. The second kappa shape index (κ2) is 5.61. The lowest BCUT2D eigenvalue weighted by molar-refractivity contribution is 0.226. The van der Waals surface area contributed by atoms with Gasteiger partial charge in [0.25, 0.3) is 0 Å². The zero-order valence-corrected chi connectivity index (χ0v) is 10.3. The summed E-state index contributed by atoms with van der Waals surface area (Å²) in [7, 11) is 2.06. The highest BCUT2D eigenvalue weighted by molar-refractivity contribution is 5.46. The average Bonchev–Trinajstić information content (AvgIpc) is 2.30. The zero-order chi connectivity index (χ0) is 13.1. The van der Waals surface area contributed by atoms with E-state index in [-0.39, 0.29) is 5.69 Å². The van der Waals surface area contributed by atoms with Gasteiger partial charge >= 0.3 is 0 Å². The first-order valence-electron chi connectivity index (χ1n) is 6.13. The van der Waals surface area contributed by atoms with Crippen molar-refractivity contribution in [1.29, 1.82) is 0 Å². The van der Waals surface area contributed by atoms with Crippen LogP contribution in [0.3, 0.4) is 0 Å². The third kappa shape index (κ3) is 3.16. The van der Waals surface area contributed by atoms with E-state index in [1.165, 1.54) is 0 Å². The molecule has 0 radical (unpaired) electrons. The molecule has 100 valence electrons. The lowest BCUT2D eigenvalue weighted by Crippen LogP contribution is -2.33. The first-order chi connectivity index (χ1) is 8.56. The Kier molecular flexibility index (Phi) is 4.11. The van der Waals surface area contributed by atoms with Gasteiger partial charge in [0.05, 0.1) is 0 Å². The molecule has 1 aliphatic heterocycles. The number of likely N-dealkylation sites (tertiary alicyclic amines) is 1. The summed E-state index contributed by atoms with van der Waals surface area (Å²) in [5.41, 5.74) is -0.227. The Morgan fingerprint density at radius 2 is 1.72 bits per heavy atom. The van der Waals surface area contributed by atoms with Crippen molar-refractivity contribution in [3.05, 3.63) is 29.6 Å². The maximum atomic E-state index is 13.4. The van der Waals surface area contributed by atoms with Crippen LogP contribution in [0, 0.1) is 23.4 Å². The number of nitrogens with one attached hydrogen (secondary N) is 1. The molecule has 1 aliphatic rings. The standard InChI is InChI=1S/C13H17F3N2/c1-18-4-2-9(3-5-18)8-17-13-11(15)6-10(14)7-12(13)16/h6-7,9,17H,2-5,8H2,1H3. The van der Waals surface area contributed by atoms with E-state index in [0.29, 0.717) is 24.6 Å². The van der Waals surface area contributed by atoms with Crippen LogP contribution in [0.15, 0.2) is 12.1 Å². The molecule has 2 rings (SSSR count). The minimum absolute atomic E-state index is 0.227. The van der Waals surface area contributed by atoms with E-state index in [1.54, 1.807) is 0 Å². The van der Waals surface area contributed by atoms with Gasteiger partial charge in [0.15, 0.2) is 11.6 Å². The van der Waals surface area contributed by atoms with E-state index < -0.39 is 17.5 Å². The Balaban J connectivity index is 1.94. The van der Waals surface area contributed by atoms with Crippen LogP contribution in [0.5, 0.6) is 0 Å². The van der Waals surface area contributed by atoms with Crippen LogP contribution in [0.4, 0.5) is 18.9 Å². The van der Waals surface area contributed by atoms with Crippen molar-refractivity contribution in [2.75, 3.05) is 32.0 Å². The highest BCUT2D eigenvalue weighted by atomic mass is 19.1. The maximum absolute atomic E-state index is 13.4. The molecule has 0 spiro atoms. The number of anilines is 1. The smallest absolute Gasteiger partial charge is 0.152 e. The van der Waals surface area contributed by atoms with Crippen molar-refractivity contribution in [2.45, 2.75) is 12.8 Å².